The molecule has 2 aromatic rings. The number of aromatic nitrogens is 2. The molecule has 0 aliphatic rings. The summed E-state index contributed by atoms with van der Waals surface area (Å²) in [6.45, 7) is 5.08. The van der Waals surface area contributed by atoms with Crippen LogP contribution in [0, 0.1) is 6.92 Å². The number of nitrogens with two attached hydrogens (primary N) is 1. The molecule has 1 aromatic carbocycles. The van der Waals surface area contributed by atoms with Gasteiger partial charge in [0.05, 0.1) is 0 Å². The van der Waals surface area contributed by atoms with Gasteiger partial charge in [-0.15, -0.1) is 0 Å². The molecule has 3 N–H and O–H groups in total. The Morgan fingerprint density at radius 3 is 2.79 bits per heavy atom. The second-order valence-corrected chi connectivity index (χ2v) is 5.31. The van der Waals surface area contributed by atoms with E-state index in [1.165, 1.54) is 10.5 Å². The lowest BCUT2D eigenvalue weighted by molar-refractivity contribution is 0.957. The summed E-state index contributed by atoms with van der Waals surface area (Å²) in [6, 6.07) is 10.2. The Kier molecular flexibility index (Phi) is 4.63. The van der Waals surface area contributed by atoms with Gasteiger partial charge >= 0.3 is 0 Å². The Morgan fingerprint density at radius 2 is 2.05 bits per heavy atom. The maximum absolute atomic E-state index is 5.75. The highest BCUT2D eigenvalue weighted by Crippen LogP contribution is 2.30. The SMILES string of the molecule is CCCNc1cc(Sc2ccccc2C)nc(N)n1. The van der Waals surface area contributed by atoms with Crippen LogP contribution in [-0.4, -0.2) is 16.5 Å². The van der Waals surface area contributed by atoms with Gasteiger partial charge in [-0.1, -0.05) is 36.9 Å². The predicted octanol–water partition coefficient (Wildman–Crippen LogP) is 3.34. The van der Waals surface area contributed by atoms with Crippen molar-refractivity contribution in [3.05, 3.63) is 35.9 Å². The summed E-state index contributed by atoms with van der Waals surface area (Å²) >= 11 is 1.60. The number of rotatable bonds is 5. The van der Waals surface area contributed by atoms with Gasteiger partial charge in [-0.3, -0.25) is 0 Å². The molecular formula is C14H18N4S. The zero-order valence-electron chi connectivity index (χ0n) is 11.2. The molecule has 0 spiro atoms. The van der Waals surface area contributed by atoms with Gasteiger partial charge in [-0.05, 0) is 25.0 Å². The number of benzene rings is 1. The normalized spacial score (nSPS) is 10.4. The fourth-order valence-corrected chi connectivity index (χ4v) is 2.53. The molecule has 0 atom stereocenters. The van der Waals surface area contributed by atoms with Crippen molar-refractivity contribution in [2.45, 2.75) is 30.2 Å². The lowest BCUT2D eigenvalue weighted by atomic mass is 10.2. The van der Waals surface area contributed by atoms with Crippen LogP contribution in [0.4, 0.5) is 11.8 Å². The van der Waals surface area contributed by atoms with Crippen LogP contribution in [0.25, 0.3) is 0 Å². The maximum atomic E-state index is 5.75. The molecular weight excluding hydrogens is 256 g/mol. The Hall–Kier alpha value is -1.75. The summed E-state index contributed by atoms with van der Waals surface area (Å²) in [5.41, 5.74) is 6.98. The summed E-state index contributed by atoms with van der Waals surface area (Å²) < 4.78 is 0. The van der Waals surface area contributed by atoms with Crippen LogP contribution in [0.15, 0.2) is 40.3 Å². The molecule has 4 nitrogen and oxygen atoms in total. The predicted molar refractivity (Wildman–Crippen MR) is 80.5 cm³/mol. The van der Waals surface area contributed by atoms with Crippen molar-refractivity contribution >= 4 is 23.5 Å². The van der Waals surface area contributed by atoms with Crippen molar-refractivity contribution in [3.63, 3.8) is 0 Å². The van der Waals surface area contributed by atoms with Crippen LogP contribution in [-0.2, 0) is 0 Å². The van der Waals surface area contributed by atoms with Crippen LogP contribution >= 0.6 is 11.8 Å². The molecule has 0 bridgehead atoms. The van der Waals surface area contributed by atoms with Gasteiger partial charge in [0.25, 0.3) is 0 Å². The average molecular weight is 274 g/mol. The highest BCUT2D eigenvalue weighted by molar-refractivity contribution is 7.99. The Balaban J connectivity index is 2.20. The third kappa shape index (κ3) is 3.86. The Labute approximate surface area is 117 Å². The maximum Gasteiger partial charge on any atom is 0.223 e. The van der Waals surface area contributed by atoms with E-state index >= 15 is 0 Å². The zero-order chi connectivity index (χ0) is 13.7. The molecule has 0 unspecified atom stereocenters. The summed E-state index contributed by atoms with van der Waals surface area (Å²) in [5.74, 6) is 1.09. The topological polar surface area (TPSA) is 63.8 Å². The molecule has 1 aromatic heterocycles. The number of anilines is 2. The molecule has 0 fully saturated rings. The minimum Gasteiger partial charge on any atom is -0.370 e. The van der Waals surface area contributed by atoms with E-state index in [1.807, 2.05) is 18.2 Å². The van der Waals surface area contributed by atoms with Crippen molar-refractivity contribution in [1.82, 2.24) is 9.97 Å². The number of aryl methyl sites for hydroxylation is 1. The van der Waals surface area contributed by atoms with E-state index in [2.05, 4.69) is 41.3 Å². The van der Waals surface area contributed by atoms with Crippen molar-refractivity contribution in [3.8, 4) is 0 Å². The summed E-state index contributed by atoms with van der Waals surface area (Å²) in [4.78, 5) is 9.63. The van der Waals surface area contributed by atoms with E-state index in [9.17, 15) is 0 Å². The lowest BCUT2D eigenvalue weighted by Crippen LogP contribution is -2.05. The highest BCUT2D eigenvalue weighted by atomic mass is 32.2. The molecule has 0 radical (unpaired) electrons. The van der Waals surface area contributed by atoms with Crippen molar-refractivity contribution in [1.29, 1.82) is 0 Å². The second kappa shape index (κ2) is 6.43. The van der Waals surface area contributed by atoms with Crippen molar-refractivity contribution in [2.24, 2.45) is 0 Å². The number of nitrogen functional groups attached to an aromatic ring is 1. The largest absolute Gasteiger partial charge is 0.370 e. The van der Waals surface area contributed by atoms with Gasteiger partial charge in [-0.25, -0.2) is 4.98 Å². The first kappa shape index (κ1) is 13.7. The van der Waals surface area contributed by atoms with Gasteiger partial charge in [-0.2, -0.15) is 4.98 Å². The fourth-order valence-electron chi connectivity index (χ4n) is 1.62. The summed E-state index contributed by atoms with van der Waals surface area (Å²) in [6.07, 6.45) is 1.05. The standard InChI is InChI=1S/C14H18N4S/c1-3-8-16-12-9-13(18-14(15)17-12)19-11-7-5-4-6-10(11)2/h4-7,9H,3,8H2,1-2H3,(H3,15,16,17,18). The van der Waals surface area contributed by atoms with Crippen molar-refractivity contribution < 1.29 is 0 Å². The summed E-state index contributed by atoms with van der Waals surface area (Å²) in [5, 5.41) is 4.09. The Morgan fingerprint density at radius 1 is 1.26 bits per heavy atom. The molecule has 2 rings (SSSR count). The first-order valence-corrected chi connectivity index (χ1v) is 7.12. The minimum absolute atomic E-state index is 0.303. The van der Waals surface area contributed by atoms with Gasteiger partial charge in [0.1, 0.15) is 10.8 Å². The van der Waals surface area contributed by atoms with E-state index in [-0.39, 0.29) is 0 Å². The monoisotopic (exact) mass is 274 g/mol. The third-order valence-electron chi connectivity index (χ3n) is 2.58. The van der Waals surface area contributed by atoms with E-state index in [0.717, 1.165) is 23.8 Å². The molecule has 0 saturated carbocycles. The fraction of sp³-hybridized carbons (Fsp3) is 0.286. The van der Waals surface area contributed by atoms with Gasteiger partial charge < -0.3 is 11.1 Å². The first-order chi connectivity index (χ1) is 9.19. The minimum atomic E-state index is 0.303. The molecule has 0 aliphatic carbocycles. The second-order valence-electron chi connectivity index (χ2n) is 4.24. The zero-order valence-corrected chi connectivity index (χ0v) is 12.0. The Bertz CT molecular complexity index is 557. The lowest BCUT2D eigenvalue weighted by Gasteiger charge is -2.08. The van der Waals surface area contributed by atoms with Gasteiger partial charge in [0.2, 0.25) is 5.95 Å². The first-order valence-electron chi connectivity index (χ1n) is 6.31. The molecule has 19 heavy (non-hydrogen) atoms. The van der Waals surface area contributed by atoms with Gasteiger partial charge in [0, 0.05) is 17.5 Å². The van der Waals surface area contributed by atoms with Crippen LogP contribution < -0.4 is 11.1 Å². The van der Waals surface area contributed by atoms with Crippen molar-refractivity contribution in [2.75, 3.05) is 17.6 Å². The third-order valence-corrected chi connectivity index (χ3v) is 3.68. The average Bonchev–Trinajstić information content (AvgIpc) is 2.38. The molecule has 0 aliphatic heterocycles. The van der Waals surface area contributed by atoms with E-state index in [0.29, 0.717) is 5.95 Å². The van der Waals surface area contributed by atoms with Gasteiger partial charge in [0.15, 0.2) is 0 Å². The molecule has 1 heterocycles. The quantitative estimate of drug-likeness (QED) is 0.819. The van der Waals surface area contributed by atoms with E-state index in [1.54, 1.807) is 11.8 Å². The number of nitrogens with one attached hydrogen (secondary N) is 1. The van der Waals surface area contributed by atoms with E-state index in [4.69, 9.17) is 5.73 Å². The molecule has 5 heteroatoms. The molecule has 0 saturated heterocycles. The highest BCUT2D eigenvalue weighted by Gasteiger charge is 2.05. The van der Waals surface area contributed by atoms with E-state index < -0.39 is 0 Å². The molecule has 100 valence electrons. The van der Waals surface area contributed by atoms with Crippen LogP contribution in [0.2, 0.25) is 0 Å². The van der Waals surface area contributed by atoms with Crippen LogP contribution in [0.1, 0.15) is 18.9 Å². The smallest absolute Gasteiger partial charge is 0.223 e. The molecule has 0 amide bonds. The summed E-state index contributed by atoms with van der Waals surface area (Å²) in [7, 11) is 0. The number of nitrogens with zero attached hydrogens (tertiary/aromatic N) is 2. The number of hydrogen-bond donors (Lipinski definition) is 2. The van der Waals surface area contributed by atoms with Crippen LogP contribution in [0.5, 0.6) is 0 Å². The number of hydrogen-bond acceptors (Lipinski definition) is 5. The van der Waals surface area contributed by atoms with Crippen LogP contribution in [0.3, 0.4) is 0 Å².